The predicted molar refractivity (Wildman–Crippen MR) is 23.0 cm³/mol. The van der Waals surface area contributed by atoms with Crippen LogP contribution in [-0.2, 0) is 0 Å². The van der Waals surface area contributed by atoms with Gasteiger partial charge >= 0.3 is 46.6 Å². The Hall–Kier alpha value is 2.39. The van der Waals surface area contributed by atoms with E-state index in [1.165, 1.54) is 0 Å². The van der Waals surface area contributed by atoms with Gasteiger partial charge in [0.2, 0.25) is 0 Å². The molecule has 0 heterocycles. The van der Waals surface area contributed by atoms with E-state index in [0.29, 0.717) is 0 Å². The molecule has 32 valence electrons. The monoisotopic (exact) mass is 212 g/mol. The molecule has 0 rings (SSSR count). The molecule has 0 bridgehead atoms. The zero-order valence-corrected chi connectivity index (χ0v) is 9.18. The third-order valence-corrected chi connectivity index (χ3v) is 0. The molecular formula is H4Cl3NaSe. The van der Waals surface area contributed by atoms with Gasteiger partial charge in [-0.25, -0.2) is 0 Å². The van der Waals surface area contributed by atoms with Crippen molar-refractivity contribution >= 4 is 41.9 Å². The maximum absolute atomic E-state index is 0. The van der Waals surface area contributed by atoms with Crippen LogP contribution in [0.25, 0.3) is 0 Å². The Bertz CT molecular complexity index is 6.85. The van der Waals surface area contributed by atoms with Gasteiger partial charge in [-0.05, 0) is 0 Å². The molecule has 0 radical (unpaired) electrons. The molecule has 0 aromatic rings. The van der Waals surface area contributed by atoms with Gasteiger partial charge in [-0.15, -0.1) is 24.8 Å². The number of hydrogen-bond acceptors (Lipinski definition) is 0. The third-order valence-electron chi connectivity index (χ3n) is 0. The summed E-state index contributed by atoms with van der Waals surface area (Å²) in [6, 6.07) is 0. The summed E-state index contributed by atoms with van der Waals surface area (Å²) >= 11 is 0. The van der Waals surface area contributed by atoms with Crippen LogP contribution in [-0.4, -0.2) is 17.1 Å². The van der Waals surface area contributed by atoms with E-state index in [2.05, 4.69) is 0 Å². The third kappa shape index (κ3) is 21.6. The van der Waals surface area contributed by atoms with Crippen molar-refractivity contribution in [1.82, 2.24) is 0 Å². The topological polar surface area (TPSA) is 0 Å². The van der Waals surface area contributed by atoms with E-state index in [9.17, 15) is 0 Å². The molecule has 0 aromatic carbocycles. The molecule has 0 saturated carbocycles. The Balaban J connectivity index is 0. The van der Waals surface area contributed by atoms with Crippen LogP contribution in [0.4, 0.5) is 0 Å². The predicted octanol–water partition coefficient (Wildman–Crippen LogP) is -6.06. The number of halogens is 3. The van der Waals surface area contributed by atoms with Crippen molar-refractivity contribution < 1.29 is 42.0 Å². The summed E-state index contributed by atoms with van der Waals surface area (Å²) in [5.74, 6) is 0. The van der Waals surface area contributed by atoms with Gasteiger partial charge < -0.3 is 12.4 Å². The van der Waals surface area contributed by atoms with Crippen molar-refractivity contribution in [2.45, 2.75) is 0 Å². The van der Waals surface area contributed by atoms with Gasteiger partial charge in [0.05, 0.1) is 0 Å². The molecule has 0 aliphatic carbocycles. The first-order chi connectivity index (χ1) is 0. The second kappa shape index (κ2) is 32.5. The van der Waals surface area contributed by atoms with Crippen LogP contribution in [0.3, 0.4) is 0 Å². The molecular weight excluding hydrogens is 208 g/mol. The molecule has 0 aromatic heterocycles. The van der Waals surface area contributed by atoms with E-state index in [1.807, 2.05) is 0 Å². The maximum atomic E-state index is 0. The average molecular weight is 212 g/mol. The van der Waals surface area contributed by atoms with Gasteiger partial charge in [0.25, 0.3) is 0 Å². The zero-order chi connectivity index (χ0) is 0. The molecule has 0 unspecified atom stereocenters. The van der Waals surface area contributed by atoms with Crippen molar-refractivity contribution in [3.63, 3.8) is 0 Å². The van der Waals surface area contributed by atoms with Crippen molar-refractivity contribution in [3.05, 3.63) is 0 Å². The van der Waals surface area contributed by atoms with Gasteiger partial charge in [0.1, 0.15) is 0 Å². The minimum absolute atomic E-state index is 0. The summed E-state index contributed by atoms with van der Waals surface area (Å²) in [7, 11) is 0. The number of hydrogen-bond donors (Lipinski definition) is 0. The summed E-state index contributed by atoms with van der Waals surface area (Å²) < 4.78 is 0. The molecule has 0 fully saturated rings. The Kier molecular flexibility index (Phi) is 343. The quantitative estimate of drug-likeness (QED) is 0.351. The molecule has 0 atom stereocenters. The van der Waals surface area contributed by atoms with E-state index in [-0.39, 0.29) is 83.8 Å². The van der Waals surface area contributed by atoms with Crippen LogP contribution in [0, 0.1) is 0 Å². The molecule has 0 nitrogen and oxygen atoms in total. The van der Waals surface area contributed by atoms with Gasteiger partial charge in [0, 0.05) is 0 Å². The van der Waals surface area contributed by atoms with Crippen LogP contribution in [0.15, 0.2) is 0 Å². The first-order valence-electron chi connectivity index (χ1n) is 0. The van der Waals surface area contributed by atoms with E-state index < -0.39 is 0 Å². The summed E-state index contributed by atoms with van der Waals surface area (Å²) in [5, 5.41) is 0. The summed E-state index contributed by atoms with van der Waals surface area (Å²) in [6.07, 6.45) is 0. The second-order valence-electron chi connectivity index (χ2n) is 0. The van der Waals surface area contributed by atoms with Gasteiger partial charge in [0.15, 0.2) is 0 Å². The molecule has 0 saturated heterocycles. The average Bonchev–Trinajstić information content (AvgIpc) is 0. The summed E-state index contributed by atoms with van der Waals surface area (Å²) in [4.78, 5) is 0. The Labute approximate surface area is 82.8 Å². The SMILES string of the molecule is Cl.Cl.[Cl-].[Na+].[SeH2]. The molecule has 5 heteroatoms. The van der Waals surface area contributed by atoms with Crippen molar-refractivity contribution in [1.29, 1.82) is 0 Å². The van der Waals surface area contributed by atoms with E-state index in [0.717, 1.165) is 0 Å². The number of rotatable bonds is 0. The second-order valence-corrected chi connectivity index (χ2v) is 0. The minimum atomic E-state index is 0. The Morgan fingerprint density at radius 2 is 0.800 bits per heavy atom. The van der Waals surface area contributed by atoms with Crippen LogP contribution in [0.1, 0.15) is 0 Å². The van der Waals surface area contributed by atoms with Crippen LogP contribution in [0.5, 0.6) is 0 Å². The first kappa shape index (κ1) is 52.8. The molecule has 0 N–H and O–H groups in total. The van der Waals surface area contributed by atoms with Crippen molar-refractivity contribution in [2.75, 3.05) is 0 Å². The fraction of sp³-hybridized carbons (Fsp3) is 0. The molecule has 0 aliphatic heterocycles. The molecule has 0 amide bonds. The van der Waals surface area contributed by atoms with E-state index in [1.54, 1.807) is 0 Å². The molecule has 0 spiro atoms. The van der Waals surface area contributed by atoms with Crippen LogP contribution < -0.4 is 42.0 Å². The Morgan fingerprint density at radius 3 is 0.800 bits per heavy atom. The Morgan fingerprint density at radius 1 is 0.800 bits per heavy atom. The van der Waals surface area contributed by atoms with Crippen LogP contribution in [0.2, 0.25) is 0 Å². The van der Waals surface area contributed by atoms with Gasteiger partial charge in [-0.1, -0.05) is 0 Å². The van der Waals surface area contributed by atoms with Crippen LogP contribution >= 0.6 is 24.8 Å². The van der Waals surface area contributed by atoms with Gasteiger partial charge in [-0.3, -0.25) is 0 Å². The van der Waals surface area contributed by atoms with Gasteiger partial charge in [-0.2, -0.15) is 0 Å². The summed E-state index contributed by atoms with van der Waals surface area (Å²) in [6.45, 7) is 0. The zero-order valence-electron chi connectivity index (χ0n) is 2.69. The molecule has 0 aliphatic rings. The first-order valence-corrected chi connectivity index (χ1v) is 0. The van der Waals surface area contributed by atoms with E-state index >= 15 is 0 Å². The van der Waals surface area contributed by atoms with E-state index in [4.69, 9.17) is 0 Å². The standard InChI is InChI=1S/3ClH.Na.H2Se/h3*1H;;1H2/q;;;+1;/p-1. The molecule has 5 heavy (non-hydrogen) atoms. The summed E-state index contributed by atoms with van der Waals surface area (Å²) in [5.41, 5.74) is 0. The fourth-order valence-corrected chi connectivity index (χ4v) is 0. The fourth-order valence-electron chi connectivity index (χ4n) is 0. The van der Waals surface area contributed by atoms with Crippen molar-refractivity contribution in [3.8, 4) is 0 Å². The normalized spacial score (nSPS) is 0. The van der Waals surface area contributed by atoms with Crippen molar-refractivity contribution in [2.24, 2.45) is 0 Å².